The second kappa shape index (κ2) is 6.84. The van der Waals surface area contributed by atoms with E-state index in [2.05, 4.69) is 15.4 Å². The van der Waals surface area contributed by atoms with Crippen molar-refractivity contribution in [2.75, 3.05) is 12.4 Å². The third-order valence-electron chi connectivity index (χ3n) is 3.53. The van der Waals surface area contributed by atoms with Crippen molar-refractivity contribution < 1.29 is 23.1 Å². The maximum atomic E-state index is 13.7. The predicted molar refractivity (Wildman–Crippen MR) is 86.5 cm³/mol. The molecule has 0 fully saturated rings. The average Bonchev–Trinajstić information content (AvgIpc) is 2.95. The van der Waals surface area contributed by atoms with Gasteiger partial charge in [-0.05, 0) is 18.2 Å². The number of amides is 2. The Kier molecular flexibility index (Phi) is 4.59. The monoisotopic (exact) mass is 361 g/mol. The van der Waals surface area contributed by atoms with Gasteiger partial charge in [-0.3, -0.25) is 9.59 Å². The summed E-state index contributed by atoms with van der Waals surface area (Å²) in [6, 6.07) is 4.08. The maximum Gasteiger partial charge on any atom is 0.274 e. The van der Waals surface area contributed by atoms with Crippen molar-refractivity contribution in [2.45, 2.75) is 6.61 Å². The second-order valence-corrected chi connectivity index (χ2v) is 5.26. The highest BCUT2D eigenvalue weighted by Gasteiger charge is 2.22. The van der Waals surface area contributed by atoms with E-state index in [0.717, 1.165) is 16.6 Å². The smallest absolute Gasteiger partial charge is 0.274 e. The number of benzene rings is 1. The summed E-state index contributed by atoms with van der Waals surface area (Å²) in [5.74, 6) is -3.21. The first kappa shape index (κ1) is 17.4. The van der Waals surface area contributed by atoms with Crippen molar-refractivity contribution in [1.29, 1.82) is 0 Å². The number of fused-ring (bicyclic) bond motifs is 1. The van der Waals surface area contributed by atoms with Gasteiger partial charge in [0.15, 0.2) is 5.65 Å². The van der Waals surface area contributed by atoms with E-state index in [9.17, 15) is 18.4 Å². The number of nitrogens with one attached hydrogen (secondary N) is 1. The van der Waals surface area contributed by atoms with Crippen LogP contribution in [0, 0.1) is 11.6 Å². The third-order valence-corrected chi connectivity index (χ3v) is 3.53. The van der Waals surface area contributed by atoms with E-state index >= 15 is 0 Å². The van der Waals surface area contributed by atoms with Gasteiger partial charge < -0.3 is 15.8 Å². The minimum Gasteiger partial charge on any atom is -0.378 e. The Morgan fingerprint density at radius 1 is 1.31 bits per heavy atom. The van der Waals surface area contributed by atoms with Crippen LogP contribution >= 0.6 is 0 Å². The van der Waals surface area contributed by atoms with Crippen molar-refractivity contribution in [2.24, 2.45) is 5.73 Å². The molecule has 3 aromatic rings. The Morgan fingerprint density at radius 2 is 2.08 bits per heavy atom. The first-order valence-corrected chi connectivity index (χ1v) is 7.34. The SMILES string of the molecule is COCc1nn2c(C(=O)Nc3ccc(F)cc3F)ccnc2c1C(N)=O. The molecule has 134 valence electrons. The fourth-order valence-electron chi connectivity index (χ4n) is 2.43. The molecule has 0 unspecified atom stereocenters. The Labute approximate surface area is 145 Å². The van der Waals surface area contributed by atoms with E-state index in [-0.39, 0.29) is 34.9 Å². The highest BCUT2D eigenvalue weighted by atomic mass is 19.1. The molecule has 0 atom stereocenters. The Hall–Kier alpha value is -3.40. The van der Waals surface area contributed by atoms with Gasteiger partial charge in [-0.2, -0.15) is 5.10 Å². The lowest BCUT2D eigenvalue weighted by atomic mass is 10.2. The summed E-state index contributed by atoms with van der Waals surface area (Å²) in [6.45, 7) is -0.0186. The fraction of sp³-hybridized carbons (Fsp3) is 0.125. The van der Waals surface area contributed by atoms with E-state index < -0.39 is 23.4 Å². The summed E-state index contributed by atoms with van der Waals surface area (Å²) in [6.07, 6.45) is 1.29. The number of carbonyl (C=O) groups excluding carboxylic acids is 2. The Balaban J connectivity index is 2.05. The molecular formula is C16H13F2N5O3. The van der Waals surface area contributed by atoms with Gasteiger partial charge in [0.25, 0.3) is 11.8 Å². The molecule has 0 aliphatic carbocycles. The van der Waals surface area contributed by atoms with Gasteiger partial charge in [0.1, 0.15) is 28.6 Å². The van der Waals surface area contributed by atoms with Crippen molar-refractivity contribution in [3.05, 3.63) is 59.0 Å². The first-order valence-electron chi connectivity index (χ1n) is 7.34. The van der Waals surface area contributed by atoms with E-state index in [1.54, 1.807) is 0 Å². The van der Waals surface area contributed by atoms with Gasteiger partial charge in [0.2, 0.25) is 0 Å². The number of carbonyl (C=O) groups is 2. The number of aromatic nitrogens is 3. The van der Waals surface area contributed by atoms with Crippen LogP contribution in [0.1, 0.15) is 26.5 Å². The summed E-state index contributed by atoms with van der Waals surface area (Å²) in [5.41, 5.74) is 5.43. The number of primary amides is 1. The number of ether oxygens (including phenoxy) is 1. The predicted octanol–water partition coefficient (Wildman–Crippen LogP) is 1.51. The largest absolute Gasteiger partial charge is 0.378 e. The highest BCUT2D eigenvalue weighted by Crippen LogP contribution is 2.19. The average molecular weight is 361 g/mol. The quantitative estimate of drug-likeness (QED) is 0.715. The molecule has 10 heteroatoms. The molecule has 2 amide bonds. The summed E-state index contributed by atoms with van der Waals surface area (Å²) in [5, 5.41) is 6.46. The van der Waals surface area contributed by atoms with Crippen LogP contribution in [0.5, 0.6) is 0 Å². The van der Waals surface area contributed by atoms with Crippen LogP contribution in [0.4, 0.5) is 14.5 Å². The molecule has 0 aliphatic heterocycles. The molecule has 3 rings (SSSR count). The normalized spacial score (nSPS) is 10.9. The summed E-state index contributed by atoms with van der Waals surface area (Å²) < 4.78 is 32.8. The molecular weight excluding hydrogens is 348 g/mol. The van der Waals surface area contributed by atoms with E-state index in [1.807, 2.05) is 0 Å². The molecule has 0 radical (unpaired) electrons. The molecule has 1 aromatic carbocycles. The molecule has 3 N–H and O–H groups in total. The van der Waals surface area contributed by atoms with Crippen molar-refractivity contribution in [1.82, 2.24) is 14.6 Å². The fourth-order valence-corrected chi connectivity index (χ4v) is 2.43. The summed E-state index contributed by atoms with van der Waals surface area (Å²) in [4.78, 5) is 28.2. The van der Waals surface area contributed by atoms with Crippen LogP contribution in [-0.2, 0) is 11.3 Å². The van der Waals surface area contributed by atoms with E-state index in [0.29, 0.717) is 6.07 Å². The number of anilines is 1. The molecule has 26 heavy (non-hydrogen) atoms. The van der Waals surface area contributed by atoms with Gasteiger partial charge in [-0.25, -0.2) is 18.3 Å². The topological polar surface area (TPSA) is 112 Å². The number of halogens is 2. The third kappa shape index (κ3) is 3.09. The molecule has 2 heterocycles. The summed E-state index contributed by atoms with van der Waals surface area (Å²) in [7, 11) is 1.41. The molecule has 0 aliphatic rings. The standard InChI is InChI=1S/C16H13F2N5O3/c1-26-7-11-13(14(19)24)15-20-5-4-12(23(15)22-11)16(25)21-10-3-2-8(17)6-9(10)18/h2-6H,7H2,1H3,(H2,19,24)(H,21,25). The van der Waals surface area contributed by atoms with Gasteiger partial charge in [-0.15, -0.1) is 0 Å². The number of rotatable bonds is 5. The number of methoxy groups -OCH3 is 1. The zero-order chi connectivity index (χ0) is 18.8. The number of hydrogen-bond donors (Lipinski definition) is 2. The van der Waals surface area contributed by atoms with Gasteiger partial charge in [0, 0.05) is 19.4 Å². The molecule has 0 saturated carbocycles. The zero-order valence-corrected chi connectivity index (χ0v) is 13.5. The van der Waals surface area contributed by atoms with Crippen molar-refractivity contribution >= 4 is 23.1 Å². The lowest BCUT2D eigenvalue weighted by Crippen LogP contribution is -2.18. The van der Waals surface area contributed by atoms with Crippen LogP contribution in [0.15, 0.2) is 30.5 Å². The number of nitrogens with two attached hydrogens (primary N) is 1. The van der Waals surface area contributed by atoms with Crippen LogP contribution in [0.2, 0.25) is 0 Å². The number of nitrogens with zero attached hydrogens (tertiary/aromatic N) is 3. The Morgan fingerprint density at radius 3 is 2.73 bits per heavy atom. The highest BCUT2D eigenvalue weighted by molar-refractivity contribution is 6.05. The molecule has 8 nitrogen and oxygen atoms in total. The summed E-state index contributed by atoms with van der Waals surface area (Å²) >= 11 is 0. The lowest BCUT2D eigenvalue weighted by Gasteiger charge is -2.07. The van der Waals surface area contributed by atoms with E-state index in [4.69, 9.17) is 10.5 Å². The van der Waals surface area contributed by atoms with Crippen molar-refractivity contribution in [3.63, 3.8) is 0 Å². The van der Waals surface area contributed by atoms with Gasteiger partial charge >= 0.3 is 0 Å². The van der Waals surface area contributed by atoms with Crippen LogP contribution < -0.4 is 11.1 Å². The van der Waals surface area contributed by atoms with Gasteiger partial charge in [0.05, 0.1) is 12.3 Å². The van der Waals surface area contributed by atoms with Crippen molar-refractivity contribution in [3.8, 4) is 0 Å². The second-order valence-electron chi connectivity index (χ2n) is 5.26. The molecule has 0 bridgehead atoms. The first-order chi connectivity index (χ1) is 12.4. The lowest BCUT2D eigenvalue weighted by molar-refractivity contribution is 0.0993. The number of hydrogen-bond acceptors (Lipinski definition) is 5. The minimum atomic E-state index is -0.929. The molecule has 2 aromatic heterocycles. The zero-order valence-electron chi connectivity index (χ0n) is 13.5. The minimum absolute atomic E-state index is 0.0186. The Bertz CT molecular complexity index is 1020. The van der Waals surface area contributed by atoms with E-state index in [1.165, 1.54) is 19.4 Å². The maximum absolute atomic E-state index is 13.7. The van der Waals surface area contributed by atoms with Crippen LogP contribution in [-0.4, -0.2) is 33.5 Å². The van der Waals surface area contributed by atoms with Crippen LogP contribution in [0.25, 0.3) is 5.65 Å². The van der Waals surface area contributed by atoms with Gasteiger partial charge in [-0.1, -0.05) is 0 Å². The van der Waals surface area contributed by atoms with Crippen LogP contribution in [0.3, 0.4) is 0 Å². The molecule has 0 spiro atoms. The molecule has 0 saturated heterocycles.